The molecular formula is C12H25N. The number of nitrogens with zero attached hydrogens (tertiary/aromatic N) is 1. The predicted octanol–water partition coefficient (Wildman–Crippen LogP) is 3.30. The van der Waals surface area contributed by atoms with Crippen LogP contribution in [-0.4, -0.2) is 24.0 Å². The van der Waals surface area contributed by atoms with Crippen LogP contribution in [0.4, 0.5) is 0 Å². The fourth-order valence-electron chi connectivity index (χ4n) is 1.79. The lowest BCUT2D eigenvalue weighted by Crippen LogP contribution is -2.33. The third-order valence-electron chi connectivity index (χ3n) is 3.35. The Morgan fingerprint density at radius 2 is 1.85 bits per heavy atom. The van der Waals surface area contributed by atoms with Crippen molar-refractivity contribution in [3.63, 3.8) is 0 Å². The first kappa shape index (κ1) is 11.0. The molecule has 1 heteroatoms. The minimum atomic E-state index is 0.723. The monoisotopic (exact) mass is 183 g/mol. The molecule has 0 N–H and O–H groups in total. The van der Waals surface area contributed by atoms with Gasteiger partial charge in [-0.2, -0.15) is 0 Å². The Morgan fingerprint density at radius 1 is 1.23 bits per heavy atom. The Kier molecular flexibility index (Phi) is 3.78. The highest BCUT2D eigenvalue weighted by Crippen LogP contribution is 2.48. The molecule has 0 amide bonds. The van der Waals surface area contributed by atoms with Crippen LogP contribution in [-0.2, 0) is 0 Å². The quantitative estimate of drug-likeness (QED) is 0.611. The van der Waals surface area contributed by atoms with E-state index in [4.69, 9.17) is 0 Å². The first-order valence-corrected chi connectivity index (χ1v) is 5.81. The van der Waals surface area contributed by atoms with E-state index in [2.05, 4.69) is 32.6 Å². The first-order valence-electron chi connectivity index (χ1n) is 5.81. The van der Waals surface area contributed by atoms with Crippen LogP contribution < -0.4 is 0 Å². The molecule has 0 aromatic heterocycles. The molecule has 0 aliphatic heterocycles. The minimum Gasteiger partial charge on any atom is -0.301 e. The van der Waals surface area contributed by atoms with Gasteiger partial charge in [-0.05, 0) is 58.0 Å². The van der Waals surface area contributed by atoms with Crippen molar-refractivity contribution in [2.75, 3.05) is 13.1 Å². The van der Waals surface area contributed by atoms with Gasteiger partial charge in [0.1, 0.15) is 0 Å². The first-order chi connectivity index (χ1) is 6.07. The molecule has 0 aromatic rings. The average molecular weight is 183 g/mol. The van der Waals surface area contributed by atoms with Gasteiger partial charge >= 0.3 is 0 Å². The Hall–Kier alpha value is -0.0400. The van der Waals surface area contributed by atoms with Crippen LogP contribution in [0.5, 0.6) is 0 Å². The third kappa shape index (κ3) is 3.68. The standard InChI is InChI=1S/C12H25N/c1-5-9-13(11(2)3)10-8-12(4)6-7-12/h11H,5-10H2,1-4H3. The Balaban J connectivity index is 2.21. The summed E-state index contributed by atoms with van der Waals surface area (Å²) in [6.07, 6.45) is 5.62. The maximum atomic E-state index is 2.61. The van der Waals surface area contributed by atoms with E-state index in [0.29, 0.717) is 0 Å². The smallest absolute Gasteiger partial charge is 0.00385 e. The van der Waals surface area contributed by atoms with E-state index in [0.717, 1.165) is 11.5 Å². The second-order valence-corrected chi connectivity index (χ2v) is 5.19. The summed E-state index contributed by atoms with van der Waals surface area (Å²) in [6, 6.07) is 0.724. The van der Waals surface area contributed by atoms with Crippen molar-refractivity contribution in [3.05, 3.63) is 0 Å². The number of rotatable bonds is 6. The van der Waals surface area contributed by atoms with Crippen LogP contribution in [0, 0.1) is 5.41 Å². The van der Waals surface area contributed by atoms with Crippen molar-refractivity contribution in [2.45, 2.75) is 59.4 Å². The van der Waals surface area contributed by atoms with E-state index in [-0.39, 0.29) is 0 Å². The van der Waals surface area contributed by atoms with Gasteiger partial charge in [0.25, 0.3) is 0 Å². The molecule has 0 bridgehead atoms. The van der Waals surface area contributed by atoms with Crippen LogP contribution in [0.2, 0.25) is 0 Å². The number of hydrogen-bond acceptors (Lipinski definition) is 1. The summed E-state index contributed by atoms with van der Waals surface area (Å²) in [5.74, 6) is 0. The van der Waals surface area contributed by atoms with Crippen LogP contribution in [0.3, 0.4) is 0 Å². The summed E-state index contributed by atoms with van der Waals surface area (Å²) in [6.45, 7) is 11.9. The maximum absolute atomic E-state index is 2.61. The van der Waals surface area contributed by atoms with Gasteiger partial charge in [-0.15, -0.1) is 0 Å². The molecule has 0 atom stereocenters. The highest BCUT2D eigenvalue weighted by atomic mass is 15.1. The van der Waals surface area contributed by atoms with Gasteiger partial charge in [0, 0.05) is 6.04 Å². The molecule has 78 valence electrons. The molecule has 1 aliphatic carbocycles. The zero-order valence-corrected chi connectivity index (χ0v) is 9.77. The predicted molar refractivity (Wildman–Crippen MR) is 59.0 cm³/mol. The van der Waals surface area contributed by atoms with Crippen molar-refractivity contribution in [3.8, 4) is 0 Å². The summed E-state index contributed by atoms with van der Waals surface area (Å²) in [7, 11) is 0. The third-order valence-corrected chi connectivity index (χ3v) is 3.35. The van der Waals surface area contributed by atoms with Crippen LogP contribution in [0.15, 0.2) is 0 Å². The van der Waals surface area contributed by atoms with Crippen molar-refractivity contribution in [1.29, 1.82) is 0 Å². The second kappa shape index (κ2) is 4.45. The van der Waals surface area contributed by atoms with E-state index >= 15 is 0 Å². The fraction of sp³-hybridized carbons (Fsp3) is 1.00. The van der Waals surface area contributed by atoms with Crippen LogP contribution in [0.25, 0.3) is 0 Å². The fourth-order valence-corrected chi connectivity index (χ4v) is 1.79. The molecule has 0 saturated heterocycles. The summed E-state index contributed by atoms with van der Waals surface area (Å²) in [5.41, 5.74) is 0.723. The lowest BCUT2D eigenvalue weighted by Gasteiger charge is -2.27. The number of hydrogen-bond donors (Lipinski definition) is 0. The molecule has 1 nitrogen and oxygen atoms in total. The van der Waals surface area contributed by atoms with Crippen molar-refractivity contribution < 1.29 is 0 Å². The topological polar surface area (TPSA) is 3.24 Å². The van der Waals surface area contributed by atoms with Gasteiger partial charge in [0.15, 0.2) is 0 Å². The second-order valence-electron chi connectivity index (χ2n) is 5.19. The molecule has 0 aromatic carbocycles. The summed E-state index contributed by atoms with van der Waals surface area (Å²) in [4.78, 5) is 2.61. The summed E-state index contributed by atoms with van der Waals surface area (Å²) in [5, 5.41) is 0. The molecule has 1 rings (SSSR count). The highest BCUT2D eigenvalue weighted by Gasteiger charge is 2.36. The van der Waals surface area contributed by atoms with E-state index < -0.39 is 0 Å². The van der Waals surface area contributed by atoms with E-state index in [1.807, 2.05) is 0 Å². The van der Waals surface area contributed by atoms with Crippen molar-refractivity contribution in [2.24, 2.45) is 5.41 Å². The van der Waals surface area contributed by atoms with Gasteiger partial charge in [-0.3, -0.25) is 0 Å². The molecule has 0 unspecified atom stereocenters. The average Bonchev–Trinajstić information content (AvgIpc) is 2.77. The Labute approximate surface area is 83.5 Å². The van der Waals surface area contributed by atoms with Crippen LogP contribution >= 0.6 is 0 Å². The molecule has 0 radical (unpaired) electrons. The lowest BCUT2D eigenvalue weighted by atomic mass is 10.1. The van der Waals surface area contributed by atoms with Gasteiger partial charge in [0.05, 0.1) is 0 Å². The Bertz CT molecular complexity index is 147. The molecular weight excluding hydrogens is 158 g/mol. The van der Waals surface area contributed by atoms with Gasteiger partial charge in [0.2, 0.25) is 0 Å². The molecule has 0 heterocycles. The maximum Gasteiger partial charge on any atom is 0.00385 e. The SMILES string of the molecule is CCCN(CCC1(C)CC1)C(C)C. The zero-order valence-electron chi connectivity index (χ0n) is 9.77. The van der Waals surface area contributed by atoms with Crippen molar-refractivity contribution in [1.82, 2.24) is 4.90 Å². The molecule has 1 saturated carbocycles. The molecule has 0 spiro atoms. The Morgan fingerprint density at radius 3 is 2.23 bits per heavy atom. The van der Waals surface area contributed by atoms with E-state index in [1.54, 1.807) is 0 Å². The molecule has 13 heavy (non-hydrogen) atoms. The highest BCUT2D eigenvalue weighted by molar-refractivity contribution is 4.89. The van der Waals surface area contributed by atoms with E-state index in [1.165, 1.54) is 38.8 Å². The largest absolute Gasteiger partial charge is 0.301 e. The van der Waals surface area contributed by atoms with Crippen LogP contribution in [0.1, 0.15) is 53.4 Å². The zero-order chi connectivity index (χ0) is 9.90. The molecule has 1 fully saturated rings. The van der Waals surface area contributed by atoms with Crippen molar-refractivity contribution >= 4 is 0 Å². The van der Waals surface area contributed by atoms with Gasteiger partial charge in [-0.1, -0.05) is 13.8 Å². The lowest BCUT2D eigenvalue weighted by molar-refractivity contribution is 0.204. The van der Waals surface area contributed by atoms with Gasteiger partial charge < -0.3 is 4.90 Å². The molecule has 1 aliphatic rings. The minimum absolute atomic E-state index is 0.723. The summed E-state index contributed by atoms with van der Waals surface area (Å²) >= 11 is 0. The normalized spacial score (nSPS) is 19.8. The summed E-state index contributed by atoms with van der Waals surface area (Å²) < 4.78 is 0. The van der Waals surface area contributed by atoms with Gasteiger partial charge in [-0.25, -0.2) is 0 Å². The van der Waals surface area contributed by atoms with E-state index in [9.17, 15) is 0 Å².